The average molecular weight is 591 g/mol. The first kappa shape index (κ1) is 29.1. The Labute approximate surface area is 245 Å². The molecule has 12 heteroatoms. The predicted molar refractivity (Wildman–Crippen MR) is 163 cm³/mol. The number of sulfonamides is 1. The molecule has 1 saturated heterocycles. The van der Waals surface area contributed by atoms with Crippen molar-refractivity contribution in [3.63, 3.8) is 0 Å². The molecule has 0 radical (unpaired) electrons. The minimum Gasteiger partial charge on any atom is -0.497 e. The van der Waals surface area contributed by atoms with E-state index in [0.717, 1.165) is 25.9 Å². The van der Waals surface area contributed by atoms with Crippen LogP contribution >= 0.6 is 0 Å². The van der Waals surface area contributed by atoms with Crippen molar-refractivity contribution in [2.45, 2.75) is 24.7 Å². The van der Waals surface area contributed by atoms with Gasteiger partial charge in [-0.25, -0.2) is 18.4 Å². The first-order chi connectivity index (χ1) is 20.2. The maximum atomic E-state index is 13.6. The molecular weight excluding hydrogens is 556 g/mol. The summed E-state index contributed by atoms with van der Waals surface area (Å²) in [6.45, 7) is 4.23. The number of hydrogen-bond donors (Lipinski definition) is 3. The Kier molecular flexibility index (Phi) is 8.74. The van der Waals surface area contributed by atoms with Crippen molar-refractivity contribution < 1.29 is 22.7 Å². The van der Waals surface area contributed by atoms with Gasteiger partial charge in [-0.3, -0.25) is 14.4 Å². The number of methoxy groups -OCH3 is 2. The third kappa shape index (κ3) is 7.07. The second kappa shape index (κ2) is 12.6. The average Bonchev–Trinajstić information content (AvgIpc) is 2.98. The molecule has 0 aliphatic carbocycles. The number of aromatic nitrogens is 2. The highest BCUT2D eigenvalue weighted by Gasteiger charge is 2.21. The lowest BCUT2D eigenvalue weighted by atomic mass is 9.99. The Morgan fingerprint density at radius 2 is 1.52 bits per heavy atom. The van der Waals surface area contributed by atoms with Gasteiger partial charge in [-0.05, 0) is 62.2 Å². The fraction of sp³-hybridized carbons (Fsp3) is 0.300. The third-order valence-corrected chi connectivity index (χ3v) is 8.42. The van der Waals surface area contributed by atoms with Crippen molar-refractivity contribution in [3.05, 3.63) is 66.7 Å². The lowest BCUT2D eigenvalue weighted by molar-refractivity contribution is -0.117. The van der Waals surface area contributed by atoms with Crippen LogP contribution in [0.1, 0.15) is 19.8 Å². The summed E-state index contributed by atoms with van der Waals surface area (Å²) in [6, 6.07) is 18.5. The van der Waals surface area contributed by atoms with E-state index in [1.807, 2.05) is 6.07 Å². The number of para-hydroxylation sites is 2. The zero-order valence-electron chi connectivity index (χ0n) is 23.8. The summed E-state index contributed by atoms with van der Waals surface area (Å²) in [5, 5.41) is 5.97. The van der Waals surface area contributed by atoms with Crippen LogP contribution in [0.25, 0.3) is 11.0 Å². The maximum Gasteiger partial charge on any atom is 0.263 e. The number of carbonyl (C=O) groups excluding carboxylic acids is 1. The van der Waals surface area contributed by atoms with Gasteiger partial charge in [0.1, 0.15) is 11.5 Å². The van der Waals surface area contributed by atoms with Gasteiger partial charge in [0.2, 0.25) is 5.91 Å². The summed E-state index contributed by atoms with van der Waals surface area (Å²) in [4.78, 5) is 24.0. The number of anilines is 4. The summed E-state index contributed by atoms with van der Waals surface area (Å²) >= 11 is 0. The van der Waals surface area contributed by atoms with Gasteiger partial charge in [0.05, 0.1) is 36.7 Å². The van der Waals surface area contributed by atoms with Crippen LogP contribution in [0.4, 0.5) is 23.0 Å². The van der Waals surface area contributed by atoms with Crippen molar-refractivity contribution >= 4 is 50.0 Å². The number of carbonyl (C=O) groups is 1. The topological polar surface area (TPSA) is 135 Å². The van der Waals surface area contributed by atoms with Crippen LogP contribution in [-0.4, -0.2) is 63.0 Å². The van der Waals surface area contributed by atoms with E-state index in [1.54, 1.807) is 62.8 Å². The Morgan fingerprint density at radius 1 is 0.881 bits per heavy atom. The Bertz CT molecular complexity index is 1670. The van der Waals surface area contributed by atoms with Crippen LogP contribution in [0.15, 0.2) is 71.6 Å². The number of rotatable bonds is 10. The van der Waals surface area contributed by atoms with E-state index < -0.39 is 10.0 Å². The van der Waals surface area contributed by atoms with Gasteiger partial charge in [-0.15, -0.1) is 0 Å². The third-order valence-electron chi connectivity index (χ3n) is 7.09. The van der Waals surface area contributed by atoms with Gasteiger partial charge in [0.25, 0.3) is 10.0 Å². The van der Waals surface area contributed by atoms with E-state index >= 15 is 0 Å². The lowest BCUT2D eigenvalue weighted by Crippen LogP contribution is -2.38. The summed E-state index contributed by atoms with van der Waals surface area (Å²) in [5.41, 5.74) is 2.03. The molecule has 0 atom stereocenters. The van der Waals surface area contributed by atoms with E-state index in [2.05, 4.69) is 37.1 Å². The van der Waals surface area contributed by atoms with E-state index in [1.165, 1.54) is 12.1 Å². The Balaban J connectivity index is 1.39. The highest BCUT2D eigenvalue weighted by Crippen LogP contribution is 2.31. The van der Waals surface area contributed by atoms with Gasteiger partial charge in [0.15, 0.2) is 11.6 Å². The van der Waals surface area contributed by atoms with Crippen molar-refractivity contribution in [1.29, 1.82) is 0 Å². The van der Waals surface area contributed by atoms with E-state index in [9.17, 15) is 13.2 Å². The molecule has 0 unspecified atom stereocenters. The smallest absolute Gasteiger partial charge is 0.263 e. The molecule has 0 saturated carbocycles. The summed E-state index contributed by atoms with van der Waals surface area (Å²) < 4.78 is 40.4. The van der Waals surface area contributed by atoms with E-state index in [0.29, 0.717) is 39.8 Å². The SMILES string of the molecule is COc1cc(Nc2nc3ccccc3nc2NS(=O)(=O)c2cccc(NC(=O)CN3CCC(C)CC3)c2)cc(OC)c1. The van der Waals surface area contributed by atoms with Gasteiger partial charge in [-0.2, -0.15) is 0 Å². The van der Waals surface area contributed by atoms with Crippen molar-refractivity contribution in [2.75, 3.05) is 49.2 Å². The molecule has 42 heavy (non-hydrogen) atoms. The quantitative estimate of drug-likeness (QED) is 0.237. The molecule has 1 aliphatic rings. The van der Waals surface area contributed by atoms with Crippen molar-refractivity contribution in [3.8, 4) is 11.5 Å². The molecule has 2 heterocycles. The van der Waals surface area contributed by atoms with Crippen LogP contribution in [0, 0.1) is 5.92 Å². The normalized spacial score (nSPS) is 14.4. The number of piperidine rings is 1. The number of nitrogens with zero attached hydrogens (tertiary/aromatic N) is 3. The van der Waals surface area contributed by atoms with E-state index in [4.69, 9.17) is 9.47 Å². The molecule has 1 amide bonds. The van der Waals surface area contributed by atoms with Gasteiger partial charge >= 0.3 is 0 Å². The van der Waals surface area contributed by atoms with Gasteiger partial charge in [0, 0.05) is 29.6 Å². The van der Waals surface area contributed by atoms with Crippen molar-refractivity contribution in [1.82, 2.24) is 14.9 Å². The summed E-state index contributed by atoms with van der Waals surface area (Å²) in [7, 11) is -1.04. The first-order valence-electron chi connectivity index (χ1n) is 13.6. The van der Waals surface area contributed by atoms with Gasteiger partial charge in [-0.1, -0.05) is 25.1 Å². The highest BCUT2D eigenvalue weighted by molar-refractivity contribution is 7.92. The zero-order chi connectivity index (χ0) is 29.7. The molecule has 3 aromatic carbocycles. The summed E-state index contributed by atoms with van der Waals surface area (Å²) in [5.74, 6) is 1.76. The number of hydrogen-bond acceptors (Lipinski definition) is 9. The molecule has 1 aliphatic heterocycles. The number of fused-ring (bicyclic) bond motifs is 1. The van der Waals surface area contributed by atoms with Crippen LogP contribution in [0.3, 0.4) is 0 Å². The lowest BCUT2D eigenvalue weighted by Gasteiger charge is -2.29. The molecule has 11 nitrogen and oxygen atoms in total. The molecule has 1 aromatic heterocycles. The molecule has 0 spiro atoms. The largest absolute Gasteiger partial charge is 0.497 e. The second-order valence-corrected chi connectivity index (χ2v) is 12.0. The molecule has 3 N–H and O–H groups in total. The zero-order valence-corrected chi connectivity index (χ0v) is 24.6. The number of amides is 1. The minimum atomic E-state index is -4.12. The standard InChI is InChI=1S/C30H34N6O5S/c1-20-11-13-36(14-12-20)19-28(37)31-21-7-6-8-25(17-21)42(38,39)35-30-29(33-26-9-4-5-10-27(26)34-30)32-22-15-23(40-2)18-24(16-22)41-3/h4-10,15-18,20H,11-14,19H2,1-3H3,(H,31,37)(H,32,33)(H,34,35). The highest BCUT2D eigenvalue weighted by atomic mass is 32.2. The van der Waals surface area contributed by atoms with Crippen LogP contribution in [0.5, 0.6) is 11.5 Å². The van der Waals surface area contributed by atoms with E-state index in [-0.39, 0.29) is 29.0 Å². The molecule has 5 rings (SSSR count). The fourth-order valence-corrected chi connectivity index (χ4v) is 5.78. The molecule has 1 fully saturated rings. The second-order valence-electron chi connectivity index (χ2n) is 10.3. The van der Waals surface area contributed by atoms with Gasteiger partial charge < -0.3 is 20.1 Å². The molecule has 220 valence electrons. The number of likely N-dealkylation sites (tertiary alicyclic amines) is 1. The molecule has 0 bridgehead atoms. The van der Waals surface area contributed by atoms with Crippen LogP contribution in [-0.2, 0) is 14.8 Å². The van der Waals surface area contributed by atoms with Crippen LogP contribution < -0.4 is 24.8 Å². The molecular formula is C30H34N6O5S. The first-order valence-corrected chi connectivity index (χ1v) is 15.1. The molecule has 4 aromatic rings. The number of nitrogens with one attached hydrogen (secondary N) is 3. The maximum absolute atomic E-state index is 13.6. The monoisotopic (exact) mass is 590 g/mol. The summed E-state index contributed by atoms with van der Waals surface area (Å²) in [6.07, 6.45) is 2.12. The Morgan fingerprint density at radius 3 is 2.17 bits per heavy atom. The van der Waals surface area contributed by atoms with Crippen LogP contribution in [0.2, 0.25) is 0 Å². The number of ether oxygens (including phenoxy) is 2. The Hall–Kier alpha value is -4.42. The predicted octanol–water partition coefficient (Wildman–Crippen LogP) is 4.86. The fourth-order valence-electron chi connectivity index (χ4n) is 4.73. The number of benzene rings is 3. The van der Waals surface area contributed by atoms with Crippen molar-refractivity contribution in [2.24, 2.45) is 5.92 Å². The minimum absolute atomic E-state index is 0.00394.